The Balaban J connectivity index is 3.30. The van der Waals surface area contributed by atoms with Crippen LogP contribution in [0.2, 0.25) is 10.0 Å². The molecule has 2 nitrogen and oxygen atoms in total. The third-order valence-corrected chi connectivity index (χ3v) is 2.97. The van der Waals surface area contributed by atoms with Gasteiger partial charge in [-0.2, -0.15) is 0 Å². The predicted octanol–water partition coefficient (Wildman–Crippen LogP) is 4.20. The van der Waals surface area contributed by atoms with Crippen molar-refractivity contribution in [3.05, 3.63) is 27.2 Å². The van der Waals surface area contributed by atoms with Crippen molar-refractivity contribution in [2.45, 2.75) is 4.90 Å². The second-order valence-corrected chi connectivity index (χ2v) is 3.67. The summed E-state index contributed by atoms with van der Waals surface area (Å²) in [5.74, 6) is 0. The van der Waals surface area contributed by atoms with Crippen molar-refractivity contribution in [1.82, 2.24) is 0 Å². The number of hydrogen-bond donors (Lipinski definition) is 0. The number of benzene rings is 1. The normalized spacial score (nSPS) is 9.50. The first-order valence-corrected chi connectivity index (χ1v) is 5.05. The van der Waals surface area contributed by atoms with E-state index in [9.17, 15) is 0 Å². The lowest BCUT2D eigenvalue weighted by Gasteiger charge is -1.99. The van der Waals surface area contributed by atoms with Gasteiger partial charge < -0.3 is 0 Å². The quantitative estimate of drug-likeness (QED) is 0.524. The standard InChI is InChI=1S/C7H5Cl2N2S/c1-12-7-5(8)2-4(11-10)3-6(7)9/h2-3H,1H3/q+1. The Morgan fingerprint density at radius 3 is 2.17 bits per heavy atom. The maximum atomic E-state index is 8.45. The average Bonchev–Trinajstić information content (AvgIpc) is 2.03. The lowest BCUT2D eigenvalue weighted by atomic mass is 10.3. The molecule has 0 heterocycles. The summed E-state index contributed by atoms with van der Waals surface area (Å²) in [7, 11) is 0. The largest absolute Gasteiger partial charge is 0.388 e. The summed E-state index contributed by atoms with van der Waals surface area (Å²) in [6.45, 7) is 0. The molecule has 0 spiro atoms. The number of diazo groups is 1. The highest BCUT2D eigenvalue weighted by molar-refractivity contribution is 7.98. The summed E-state index contributed by atoms with van der Waals surface area (Å²) in [6.07, 6.45) is 1.88. The van der Waals surface area contributed by atoms with Gasteiger partial charge in [0.1, 0.15) is 0 Å². The minimum Gasteiger partial charge on any atom is -0.127 e. The molecule has 0 saturated heterocycles. The van der Waals surface area contributed by atoms with E-state index in [2.05, 4.69) is 4.98 Å². The van der Waals surface area contributed by atoms with Crippen LogP contribution in [-0.2, 0) is 0 Å². The van der Waals surface area contributed by atoms with Crippen molar-refractivity contribution < 1.29 is 0 Å². The molecule has 1 aromatic rings. The zero-order chi connectivity index (χ0) is 9.14. The molecule has 12 heavy (non-hydrogen) atoms. The van der Waals surface area contributed by atoms with Crippen molar-refractivity contribution in [1.29, 1.82) is 5.39 Å². The minimum atomic E-state index is 0.364. The van der Waals surface area contributed by atoms with Crippen LogP contribution >= 0.6 is 35.0 Å². The summed E-state index contributed by atoms with van der Waals surface area (Å²) >= 11 is 13.1. The van der Waals surface area contributed by atoms with E-state index in [1.54, 1.807) is 12.1 Å². The van der Waals surface area contributed by atoms with Gasteiger partial charge in [0, 0.05) is 4.90 Å². The summed E-state index contributed by atoms with van der Waals surface area (Å²) in [4.78, 5) is 3.79. The van der Waals surface area contributed by atoms with Gasteiger partial charge in [-0.15, -0.1) is 11.8 Å². The van der Waals surface area contributed by atoms with E-state index in [0.29, 0.717) is 15.7 Å². The third kappa shape index (κ3) is 1.84. The molecule has 0 saturated carbocycles. The number of nitrogens with zero attached hydrogens (tertiary/aromatic N) is 2. The molecule has 0 aliphatic rings. The Kier molecular flexibility index (Phi) is 3.21. The van der Waals surface area contributed by atoms with Gasteiger partial charge in [0.05, 0.1) is 22.2 Å². The van der Waals surface area contributed by atoms with Crippen molar-refractivity contribution in [2.24, 2.45) is 0 Å². The fraction of sp³-hybridized carbons (Fsp3) is 0.143. The highest BCUT2D eigenvalue weighted by Gasteiger charge is 2.13. The van der Waals surface area contributed by atoms with E-state index >= 15 is 0 Å². The maximum absolute atomic E-state index is 8.45. The monoisotopic (exact) mass is 219 g/mol. The van der Waals surface area contributed by atoms with Gasteiger partial charge in [-0.05, 0) is 6.26 Å². The second-order valence-electron chi connectivity index (χ2n) is 2.04. The van der Waals surface area contributed by atoms with Crippen LogP contribution in [0.1, 0.15) is 0 Å². The van der Waals surface area contributed by atoms with Crippen molar-refractivity contribution in [2.75, 3.05) is 6.26 Å². The zero-order valence-electron chi connectivity index (χ0n) is 6.21. The molecule has 1 aromatic carbocycles. The molecular formula is C7H5Cl2N2S+. The van der Waals surface area contributed by atoms with E-state index in [0.717, 1.165) is 4.90 Å². The SMILES string of the molecule is CSc1c(Cl)cc([N+]#N)cc1Cl. The molecular weight excluding hydrogens is 215 g/mol. The number of halogens is 2. The summed E-state index contributed by atoms with van der Waals surface area (Å²) in [5, 5.41) is 9.46. The fourth-order valence-electron chi connectivity index (χ4n) is 0.799. The van der Waals surface area contributed by atoms with Gasteiger partial charge in [-0.25, -0.2) is 0 Å². The van der Waals surface area contributed by atoms with Crippen LogP contribution in [0, 0.1) is 5.39 Å². The van der Waals surface area contributed by atoms with Gasteiger partial charge in [-0.1, -0.05) is 23.2 Å². The lowest BCUT2D eigenvalue weighted by molar-refractivity contribution is 1.42. The average molecular weight is 220 g/mol. The van der Waals surface area contributed by atoms with E-state index in [1.165, 1.54) is 11.8 Å². The fourth-order valence-corrected chi connectivity index (χ4v) is 2.25. The summed E-state index contributed by atoms with van der Waals surface area (Å²) in [6, 6.07) is 3.11. The minimum absolute atomic E-state index is 0.364. The lowest BCUT2D eigenvalue weighted by Crippen LogP contribution is -1.75. The second kappa shape index (κ2) is 3.99. The molecule has 0 fully saturated rings. The Bertz CT molecular complexity index is 323. The van der Waals surface area contributed by atoms with Crippen LogP contribution in [0.4, 0.5) is 5.69 Å². The third-order valence-electron chi connectivity index (χ3n) is 1.30. The van der Waals surface area contributed by atoms with E-state index < -0.39 is 0 Å². The first-order valence-electron chi connectivity index (χ1n) is 3.07. The van der Waals surface area contributed by atoms with E-state index in [1.807, 2.05) is 6.26 Å². The van der Waals surface area contributed by atoms with Crippen LogP contribution < -0.4 is 0 Å². The molecule has 0 radical (unpaired) electrons. The molecule has 0 bridgehead atoms. The predicted molar refractivity (Wildman–Crippen MR) is 53.0 cm³/mol. The molecule has 5 heteroatoms. The van der Waals surface area contributed by atoms with Gasteiger partial charge >= 0.3 is 5.69 Å². The van der Waals surface area contributed by atoms with E-state index in [-0.39, 0.29) is 0 Å². The maximum Gasteiger partial charge on any atom is 0.388 e. The highest BCUT2D eigenvalue weighted by Crippen LogP contribution is 2.36. The molecule has 0 N–H and O–H groups in total. The van der Waals surface area contributed by atoms with Crippen molar-refractivity contribution in [3.8, 4) is 0 Å². The van der Waals surface area contributed by atoms with Crippen molar-refractivity contribution in [3.63, 3.8) is 0 Å². The molecule has 1 rings (SSSR count). The Labute approximate surface area is 84.5 Å². The number of thioether (sulfide) groups is 1. The summed E-state index contributed by atoms with van der Waals surface area (Å²) < 4.78 is 0. The van der Waals surface area contributed by atoms with E-state index in [4.69, 9.17) is 28.6 Å². The molecule has 0 aliphatic carbocycles. The molecule has 0 unspecified atom stereocenters. The smallest absolute Gasteiger partial charge is 0.127 e. The first kappa shape index (κ1) is 9.66. The van der Waals surface area contributed by atoms with Crippen LogP contribution in [0.25, 0.3) is 4.98 Å². The topological polar surface area (TPSA) is 28.1 Å². The van der Waals surface area contributed by atoms with Gasteiger partial charge in [0.15, 0.2) is 4.98 Å². The van der Waals surface area contributed by atoms with Crippen LogP contribution in [0.5, 0.6) is 0 Å². The molecule has 0 amide bonds. The number of rotatable bonds is 1. The summed E-state index contributed by atoms with van der Waals surface area (Å²) in [5.41, 5.74) is 0.364. The Morgan fingerprint density at radius 1 is 1.33 bits per heavy atom. The van der Waals surface area contributed by atoms with Gasteiger partial charge in [-0.3, -0.25) is 0 Å². The highest BCUT2D eigenvalue weighted by atomic mass is 35.5. The van der Waals surface area contributed by atoms with Crippen LogP contribution in [-0.4, -0.2) is 6.26 Å². The molecule has 0 atom stereocenters. The van der Waals surface area contributed by atoms with Gasteiger partial charge in [0.25, 0.3) is 0 Å². The van der Waals surface area contributed by atoms with Crippen molar-refractivity contribution >= 4 is 40.7 Å². The molecule has 0 aromatic heterocycles. The zero-order valence-corrected chi connectivity index (χ0v) is 8.54. The number of hydrogen-bond acceptors (Lipinski definition) is 2. The molecule has 62 valence electrons. The van der Waals surface area contributed by atoms with Crippen LogP contribution in [0.15, 0.2) is 17.0 Å². The van der Waals surface area contributed by atoms with Crippen LogP contribution in [0.3, 0.4) is 0 Å². The van der Waals surface area contributed by atoms with Gasteiger partial charge in [0.2, 0.25) is 5.39 Å². The Morgan fingerprint density at radius 2 is 1.83 bits per heavy atom. The first-order chi connectivity index (χ1) is 5.69. The Hall–Kier alpha value is -0.430. The molecule has 0 aliphatic heterocycles.